The molecule has 2 N–H and O–H groups in total. The summed E-state index contributed by atoms with van der Waals surface area (Å²) in [7, 11) is 0. The highest BCUT2D eigenvalue weighted by Gasteiger charge is 2.27. The fourth-order valence-electron chi connectivity index (χ4n) is 3.10. The molecule has 1 saturated heterocycles. The van der Waals surface area contributed by atoms with Crippen LogP contribution in [0, 0.1) is 0 Å². The molecule has 0 bridgehead atoms. The number of hydrogen-bond acceptors (Lipinski definition) is 4. The average molecular weight is 349 g/mol. The second kappa shape index (κ2) is 8.62. The molecule has 1 aliphatic carbocycles. The highest BCUT2D eigenvalue weighted by molar-refractivity contribution is 7.99. The molecule has 1 aliphatic heterocycles. The van der Waals surface area contributed by atoms with Gasteiger partial charge in [-0.1, -0.05) is 6.92 Å². The third-order valence-corrected chi connectivity index (χ3v) is 5.60. The Bertz CT molecular complexity index is 526. The zero-order valence-corrected chi connectivity index (χ0v) is 15.3. The molecule has 1 aromatic rings. The summed E-state index contributed by atoms with van der Waals surface area (Å²) in [6.45, 7) is 7.07. The smallest absolute Gasteiger partial charge is 0.319 e. The zero-order chi connectivity index (χ0) is 16.8. The normalized spacial score (nSPS) is 17.8. The predicted octanol–water partition coefficient (Wildman–Crippen LogP) is 2.85. The van der Waals surface area contributed by atoms with Crippen molar-refractivity contribution in [3.63, 3.8) is 0 Å². The van der Waals surface area contributed by atoms with Crippen LogP contribution < -0.4 is 15.5 Å². The molecule has 1 aromatic carbocycles. The summed E-state index contributed by atoms with van der Waals surface area (Å²) in [6.07, 6.45) is 2.62. The van der Waals surface area contributed by atoms with Crippen LogP contribution in [0.25, 0.3) is 0 Å². The third kappa shape index (κ3) is 5.05. The Morgan fingerprint density at radius 2 is 1.96 bits per heavy atom. The van der Waals surface area contributed by atoms with E-state index in [-0.39, 0.29) is 6.03 Å². The van der Waals surface area contributed by atoms with Crippen LogP contribution in [0.2, 0.25) is 0 Å². The fraction of sp³-hybridized carbons (Fsp3) is 0.611. The first kappa shape index (κ1) is 17.4. The standard InChI is InChI=1S/C18H28N4OS/c1-2-21(16-7-8-16)10-9-19-18(23)20-15-3-5-17(6-4-15)22-11-13-24-14-12-22/h3-6,16H,2,7-14H2,1H3,(H2,19,20,23). The SMILES string of the molecule is CCN(CCNC(=O)Nc1ccc(N2CCSCC2)cc1)C1CC1. The van der Waals surface area contributed by atoms with Gasteiger partial charge < -0.3 is 15.5 Å². The minimum Gasteiger partial charge on any atom is -0.370 e. The lowest BCUT2D eigenvalue weighted by atomic mass is 10.2. The van der Waals surface area contributed by atoms with Crippen LogP contribution in [-0.2, 0) is 0 Å². The number of amides is 2. The number of likely N-dealkylation sites (N-methyl/N-ethyl adjacent to an activating group) is 1. The number of nitrogens with zero attached hydrogens (tertiary/aromatic N) is 2. The van der Waals surface area contributed by atoms with Crippen LogP contribution >= 0.6 is 11.8 Å². The van der Waals surface area contributed by atoms with E-state index in [0.717, 1.165) is 37.9 Å². The maximum absolute atomic E-state index is 12.0. The average Bonchev–Trinajstić information content (AvgIpc) is 3.45. The molecule has 6 heteroatoms. The molecule has 1 saturated carbocycles. The molecule has 2 aliphatic rings. The number of nitrogens with one attached hydrogen (secondary N) is 2. The van der Waals surface area contributed by atoms with Gasteiger partial charge in [0.25, 0.3) is 0 Å². The minimum absolute atomic E-state index is 0.121. The van der Waals surface area contributed by atoms with E-state index >= 15 is 0 Å². The topological polar surface area (TPSA) is 47.6 Å². The van der Waals surface area contributed by atoms with Gasteiger partial charge in [-0.2, -0.15) is 11.8 Å². The lowest BCUT2D eigenvalue weighted by Gasteiger charge is -2.28. The van der Waals surface area contributed by atoms with E-state index in [2.05, 4.69) is 39.5 Å². The molecule has 1 heterocycles. The minimum atomic E-state index is -0.121. The third-order valence-electron chi connectivity index (χ3n) is 4.66. The van der Waals surface area contributed by atoms with E-state index in [1.165, 1.54) is 30.0 Å². The monoisotopic (exact) mass is 348 g/mol. The quantitative estimate of drug-likeness (QED) is 0.795. The Hall–Kier alpha value is -1.40. The van der Waals surface area contributed by atoms with Crippen molar-refractivity contribution in [1.82, 2.24) is 10.2 Å². The highest BCUT2D eigenvalue weighted by atomic mass is 32.2. The van der Waals surface area contributed by atoms with Gasteiger partial charge in [0.05, 0.1) is 0 Å². The lowest BCUT2D eigenvalue weighted by molar-refractivity contribution is 0.245. The van der Waals surface area contributed by atoms with Crippen LogP contribution in [0.4, 0.5) is 16.2 Å². The van der Waals surface area contributed by atoms with Crippen LogP contribution in [0.1, 0.15) is 19.8 Å². The van der Waals surface area contributed by atoms with Crippen molar-refractivity contribution < 1.29 is 4.79 Å². The molecular formula is C18H28N4OS. The van der Waals surface area contributed by atoms with Crippen molar-refractivity contribution in [3.8, 4) is 0 Å². The first-order valence-electron chi connectivity index (χ1n) is 8.98. The second-order valence-electron chi connectivity index (χ2n) is 6.39. The number of carbonyl (C=O) groups is 1. The van der Waals surface area contributed by atoms with Crippen molar-refractivity contribution in [2.24, 2.45) is 0 Å². The van der Waals surface area contributed by atoms with E-state index in [9.17, 15) is 4.79 Å². The van der Waals surface area contributed by atoms with Crippen molar-refractivity contribution in [2.45, 2.75) is 25.8 Å². The molecule has 0 radical (unpaired) electrons. The van der Waals surface area contributed by atoms with E-state index < -0.39 is 0 Å². The molecule has 24 heavy (non-hydrogen) atoms. The van der Waals surface area contributed by atoms with Gasteiger partial charge in [-0.25, -0.2) is 4.79 Å². The van der Waals surface area contributed by atoms with Gasteiger partial charge >= 0.3 is 6.03 Å². The molecule has 0 aromatic heterocycles. The number of rotatable bonds is 7. The number of benzene rings is 1. The molecule has 5 nitrogen and oxygen atoms in total. The molecule has 132 valence electrons. The number of hydrogen-bond donors (Lipinski definition) is 2. The number of anilines is 2. The Labute approximate surface area is 149 Å². The fourth-order valence-corrected chi connectivity index (χ4v) is 4.01. The van der Waals surface area contributed by atoms with Gasteiger partial charge in [-0.3, -0.25) is 4.90 Å². The first-order valence-corrected chi connectivity index (χ1v) is 10.1. The molecule has 0 atom stereocenters. The van der Waals surface area contributed by atoms with Gasteiger partial charge in [-0.15, -0.1) is 0 Å². The molecule has 0 spiro atoms. The number of carbonyl (C=O) groups excluding carboxylic acids is 1. The molecular weight excluding hydrogens is 320 g/mol. The van der Waals surface area contributed by atoms with Crippen molar-refractivity contribution in [1.29, 1.82) is 0 Å². The maximum atomic E-state index is 12.0. The van der Waals surface area contributed by atoms with Gasteiger partial charge in [0.2, 0.25) is 0 Å². The van der Waals surface area contributed by atoms with E-state index in [0.29, 0.717) is 6.54 Å². The van der Waals surface area contributed by atoms with Crippen molar-refractivity contribution in [2.75, 3.05) is 54.4 Å². The van der Waals surface area contributed by atoms with E-state index in [1.807, 2.05) is 23.9 Å². The molecule has 0 unspecified atom stereocenters. The Morgan fingerprint density at radius 1 is 1.25 bits per heavy atom. The van der Waals surface area contributed by atoms with Gasteiger partial charge in [0.1, 0.15) is 0 Å². The van der Waals surface area contributed by atoms with Crippen LogP contribution in [0.15, 0.2) is 24.3 Å². The van der Waals surface area contributed by atoms with Gasteiger partial charge in [0, 0.05) is 55.1 Å². The van der Waals surface area contributed by atoms with E-state index in [1.54, 1.807) is 0 Å². The zero-order valence-electron chi connectivity index (χ0n) is 14.5. The first-order chi connectivity index (χ1) is 11.8. The largest absolute Gasteiger partial charge is 0.370 e. The summed E-state index contributed by atoms with van der Waals surface area (Å²) < 4.78 is 0. The summed E-state index contributed by atoms with van der Waals surface area (Å²) in [5.41, 5.74) is 2.08. The van der Waals surface area contributed by atoms with Gasteiger partial charge in [-0.05, 0) is 43.7 Å². The molecule has 2 amide bonds. The molecule has 2 fully saturated rings. The summed E-state index contributed by atoms with van der Waals surface area (Å²) in [6, 6.07) is 8.79. The number of thioether (sulfide) groups is 1. The Kier molecular flexibility index (Phi) is 6.26. The molecule has 3 rings (SSSR count). The Balaban J connectivity index is 1.40. The summed E-state index contributed by atoms with van der Waals surface area (Å²) in [4.78, 5) is 16.8. The van der Waals surface area contributed by atoms with Crippen LogP contribution in [0.5, 0.6) is 0 Å². The summed E-state index contributed by atoms with van der Waals surface area (Å²) in [5, 5.41) is 5.87. The number of urea groups is 1. The van der Waals surface area contributed by atoms with Gasteiger partial charge in [0.15, 0.2) is 0 Å². The van der Waals surface area contributed by atoms with Crippen molar-refractivity contribution >= 4 is 29.2 Å². The lowest BCUT2D eigenvalue weighted by Crippen LogP contribution is -2.37. The Morgan fingerprint density at radius 3 is 2.58 bits per heavy atom. The predicted molar refractivity (Wildman–Crippen MR) is 103 cm³/mol. The van der Waals surface area contributed by atoms with E-state index in [4.69, 9.17) is 0 Å². The maximum Gasteiger partial charge on any atom is 0.319 e. The van der Waals surface area contributed by atoms with Crippen LogP contribution in [0.3, 0.4) is 0 Å². The van der Waals surface area contributed by atoms with Crippen LogP contribution in [-0.4, -0.2) is 61.2 Å². The second-order valence-corrected chi connectivity index (χ2v) is 7.61. The van der Waals surface area contributed by atoms with Crippen molar-refractivity contribution in [3.05, 3.63) is 24.3 Å². The highest BCUT2D eigenvalue weighted by Crippen LogP contribution is 2.25. The summed E-state index contributed by atoms with van der Waals surface area (Å²) >= 11 is 2.01. The summed E-state index contributed by atoms with van der Waals surface area (Å²) in [5.74, 6) is 2.39.